The summed E-state index contributed by atoms with van der Waals surface area (Å²) in [6, 6.07) is 6.17. The lowest BCUT2D eigenvalue weighted by Crippen LogP contribution is -2.31. The topological polar surface area (TPSA) is 3.88 Å². The number of aromatic nitrogens is 1. The van der Waals surface area contributed by atoms with E-state index in [-0.39, 0.29) is 42.2 Å². The molecule has 0 fully saturated rings. The molecule has 0 aliphatic heterocycles. The maximum atomic E-state index is 2.21. The van der Waals surface area contributed by atoms with Crippen LogP contribution in [0.4, 0.5) is 0 Å². The molecule has 0 aliphatic rings. The molecule has 0 unspecified atom stereocenters. The Balaban J connectivity index is -0.000000333. The van der Waals surface area contributed by atoms with Gasteiger partial charge in [0.1, 0.15) is 6.54 Å². The van der Waals surface area contributed by atoms with Gasteiger partial charge in [0.05, 0.1) is 0 Å². The molecule has 1 heterocycles. The fourth-order valence-corrected chi connectivity index (χ4v) is 0.924. The summed E-state index contributed by atoms with van der Waals surface area (Å²) in [5.74, 6) is 0. The zero-order valence-corrected chi connectivity index (χ0v) is 8.90. The van der Waals surface area contributed by atoms with Crippen LogP contribution in [0.1, 0.15) is 19.8 Å². The van der Waals surface area contributed by atoms with Crippen LogP contribution in [0, 0.1) is 0 Å². The Morgan fingerprint density at radius 1 is 1.00 bits per heavy atom. The van der Waals surface area contributed by atoms with Crippen molar-refractivity contribution in [2.24, 2.45) is 0 Å². The van der Waals surface area contributed by atoms with Crippen molar-refractivity contribution in [3.63, 3.8) is 0 Å². The molecule has 4 heteroatoms. The van der Waals surface area contributed by atoms with Crippen LogP contribution in [0.2, 0.25) is 0 Å². The van der Waals surface area contributed by atoms with Gasteiger partial charge < -0.3 is 0 Å². The van der Waals surface area contributed by atoms with Crippen molar-refractivity contribution in [1.82, 2.24) is 0 Å². The van der Waals surface area contributed by atoms with Crippen LogP contribution in [0.15, 0.2) is 30.6 Å². The normalized spacial score (nSPS) is 7.46. The van der Waals surface area contributed by atoms with E-state index in [1.54, 1.807) is 0 Å². The van der Waals surface area contributed by atoms with Crippen molar-refractivity contribution in [3.05, 3.63) is 30.6 Å². The van der Waals surface area contributed by atoms with E-state index >= 15 is 0 Å². The molecule has 0 aliphatic carbocycles. The first-order valence-corrected chi connectivity index (χ1v) is 3.87. The Morgan fingerprint density at radius 2 is 1.54 bits per heavy atom. The second-order valence-corrected chi connectivity index (χ2v) is 2.47. The van der Waals surface area contributed by atoms with Crippen LogP contribution in [0.5, 0.6) is 0 Å². The highest BCUT2D eigenvalue weighted by Crippen LogP contribution is 1.85. The summed E-state index contributed by atoms with van der Waals surface area (Å²) in [6.45, 7) is 3.36. The number of hydrogen-bond acceptors (Lipinski definition) is 0. The zero-order valence-electron chi connectivity index (χ0n) is 7.27. The van der Waals surface area contributed by atoms with E-state index < -0.39 is 0 Å². The van der Waals surface area contributed by atoms with Crippen LogP contribution in [-0.2, 0) is 6.54 Å². The van der Waals surface area contributed by atoms with Crippen LogP contribution < -0.4 is 4.57 Å². The Hall–Kier alpha value is 0.262. The summed E-state index contributed by atoms with van der Waals surface area (Å²) in [4.78, 5) is 0. The number of pyridine rings is 1. The average molecular weight is 239 g/mol. The van der Waals surface area contributed by atoms with Gasteiger partial charge in [-0.25, -0.2) is 4.57 Å². The molecule has 0 atom stereocenters. The molecule has 1 aromatic heterocycles. The quantitative estimate of drug-likeness (QED) is 0.555. The highest BCUT2D eigenvalue weighted by Gasteiger charge is 1.93. The highest BCUT2D eigenvalue weighted by atomic mass is 35.5. The molecule has 0 aromatic carbocycles. The lowest BCUT2D eigenvalue weighted by atomic mass is 10.3. The first kappa shape index (κ1) is 18.9. The van der Waals surface area contributed by atoms with Crippen molar-refractivity contribution in [2.75, 3.05) is 0 Å². The zero-order chi connectivity index (χ0) is 7.23. The van der Waals surface area contributed by atoms with Gasteiger partial charge in [-0.1, -0.05) is 19.4 Å². The number of hydrogen-bond donors (Lipinski definition) is 0. The van der Waals surface area contributed by atoms with Crippen LogP contribution in [0.25, 0.3) is 0 Å². The SMILES string of the molecule is CCCC[n+]1ccccc1.Cl.Cl.[AlH3]. The summed E-state index contributed by atoms with van der Waals surface area (Å²) in [6.07, 6.45) is 6.75. The Kier molecular flexibility index (Phi) is 17.9. The second-order valence-electron chi connectivity index (χ2n) is 2.47. The minimum Gasteiger partial charge on any atom is -0.205 e. The molecule has 0 spiro atoms. The van der Waals surface area contributed by atoms with E-state index in [9.17, 15) is 0 Å². The third kappa shape index (κ3) is 8.59. The number of rotatable bonds is 3. The Bertz CT molecular complexity index is 182. The van der Waals surface area contributed by atoms with Gasteiger partial charge in [0.25, 0.3) is 0 Å². The van der Waals surface area contributed by atoms with Crippen molar-refractivity contribution < 1.29 is 4.57 Å². The number of nitrogens with zero attached hydrogens (tertiary/aromatic N) is 1. The summed E-state index contributed by atoms with van der Waals surface area (Å²) in [7, 11) is 0. The first-order valence-electron chi connectivity index (χ1n) is 3.87. The molecule has 0 amide bonds. The Morgan fingerprint density at radius 3 is 2.00 bits per heavy atom. The van der Waals surface area contributed by atoms with E-state index in [1.807, 2.05) is 6.07 Å². The van der Waals surface area contributed by atoms with Gasteiger partial charge in [-0.15, -0.1) is 24.8 Å². The fourth-order valence-electron chi connectivity index (χ4n) is 0.924. The molecule has 0 radical (unpaired) electrons. The van der Waals surface area contributed by atoms with Crippen molar-refractivity contribution >= 4 is 42.2 Å². The minimum absolute atomic E-state index is 0. The molecule has 0 saturated heterocycles. The molecule has 13 heavy (non-hydrogen) atoms. The van der Waals surface area contributed by atoms with Gasteiger partial charge >= 0.3 is 0 Å². The van der Waals surface area contributed by atoms with Gasteiger partial charge in [0.2, 0.25) is 0 Å². The van der Waals surface area contributed by atoms with Gasteiger partial charge in [-0.2, -0.15) is 0 Å². The lowest BCUT2D eigenvalue weighted by molar-refractivity contribution is -0.697. The molecule has 1 rings (SSSR count). The van der Waals surface area contributed by atoms with Crippen LogP contribution >= 0.6 is 24.8 Å². The molecular weight excluding hydrogens is 220 g/mol. The molecule has 1 aromatic rings. The first-order chi connectivity index (χ1) is 4.93. The Labute approximate surface area is 104 Å². The standard InChI is InChI=1S/C9H14N.Al.2ClH.3H/c1-2-3-7-10-8-5-4-6-9-10;;;;;;/h4-6,8-9H,2-3,7H2,1H3;;2*1H;;;/q+1;;;;;;. The van der Waals surface area contributed by atoms with Gasteiger partial charge in [0, 0.05) is 18.6 Å². The summed E-state index contributed by atoms with van der Waals surface area (Å²) >= 11 is 0. The third-order valence-electron chi connectivity index (χ3n) is 1.55. The van der Waals surface area contributed by atoms with E-state index in [4.69, 9.17) is 0 Å². The van der Waals surface area contributed by atoms with Crippen molar-refractivity contribution in [3.8, 4) is 0 Å². The van der Waals surface area contributed by atoms with E-state index in [0.717, 1.165) is 6.54 Å². The number of unbranched alkanes of at least 4 members (excludes halogenated alkanes) is 1. The number of halogens is 2. The second kappa shape index (κ2) is 12.3. The van der Waals surface area contributed by atoms with Crippen LogP contribution in [0.3, 0.4) is 0 Å². The lowest BCUT2D eigenvalue weighted by Gasteiger charge is -1.91. The summed E-state index contributed by atoms with van der Waals surface area (Å²) in [5, 5.41) is 0. The van der Waals surface area contributed by atoms with E-state index in [0.29, 0.717) is 0 Å². The van der Waals surface area contributed by atoms with E-state index in [2.05, 4.69) is 36.0 Å². The largest absolute Gasteiger partial charge is 0.205 e. The molecule has 0 saturated carbocycles. The summed E-state index contributed by atoms with van der Waals surface area (Å²) < 4.78 is 2.21. The molecule has 76 valence electrons. The molecule has 1 nitrogen and oxygen atoms in total. The average Bonchev–Trinajstić information content (AvgIpc) is 2.03. The molecular formula is C9H19AlCl2N+. The van der Waals surface area contributed by atoms with Crippen molar-refractivity contribution in [1.29, 1.82) is 0 Å². The summed E-state index contributed by atoms with van der Waals surface area (Å²) in [5.41, 5.74) is 0. The smallest absolute Gasteiger partial charge is 0.187 e. The monoisotopic (exact) mass is 238 g/mol. The van der Waals surface area contributed by atoms with Gasteiger partial charge in [0.15, 0.2) is 29.8 Å². The third-order valence-corrected chi connectivity index (χ3v) is 1.55. The maximum Gasteiger partial charge on any atom is 0.187 e. The van der Waals surface area contributed by atoms with Crippen molar-refractivity contribution in [2.45, 2.75) is 26.3 Å². The minimum atomic E-state index is 0. The number of aryl methyl sites for hydroxylation is 1. The molecule has 0 bridgehead atoms. The maximum absolute atomic E-state index is 2.21. The van der Waals surface area contributed by atoms with Gasteiger partial charge in [-0.05, 0) is 0 Å². The predicted octanol–water partition coefficient (Wildman–Crippen LogP) is 1.43. The predicted molar refractivity (Wildman–Crippen MR) is 66.0 cm³/mol. The fraction of sp³-hybridized carbons (Fsp3) is 0.444. The van der Waals surface area contributed by atoms with Crippen LogP contribution in [-0.4, -0.2) is 17.4 Å². The highest BCUT2D eigenvalue weighted by molar-refractivity contribution is 5.85. The van der Waals surface area contributed by atoms with Gasteiger partial charge in [-0.3, -0.25) is 0 Å². The van der Waals surface area contributed by atoms with E-state index in [1.165, 1.54) is 12.8 Å². The molecule has 0 N–H and O–H groups in total.